The molecule has 1 fully saturated rings. The van der Waals surface area contributed by atoms with E-state index in [-0.39, 0.29) is 35.8 Å². The maximum Gasteiger partial charge on any atom is 0.243 e. The van der Waals surface area contributed by atoms with E-state index in [4.69, 9.17) is 15.2 Å². The number of rotatable bonds is 7. The van der Waals surface area contributed by atoms with Crippen LogP contribution in [0.3, 0.4) is 0 Å². The molecule has 1 aromatic carbocycles. The molecule has 3 N–H and O–H groups in total. The van der Waals surface area contributed by atoms with Crippen molar-refractivity contribution in [2.24, 2.45) is 5.73 Å². The number of ether oxygens (including phenoxy) is 2. The zero-order valence-corrected chi connectivity index (χ0v) is 17.8. The molecular formula is C19H28N4O6S. The van der Waals surface area contributed by atoms with Crippen LogP contribution in [-0.2, 0) is 19.6 Å². The maximum atomic E-state index is 12.9. The van der Waals surface area contributed by atoms with Gasteiger partial charge in [-0.05, 0) is 25.0 Å². The average molecular weight is 441 g/mol. The Morgan fingerprint density at radius 3 is 2.53 bits per heavy atom. The Bertz CT molecular complexity index is 883. The molecule has 0 saturated carbocycles. The molecule has 0 aromatic heterocycles. The molecule has 0 bridgehead atoms. The molecule has 30 heavy (non-hydrogen) atoms. The molecule has 2 heterocycles. The van der Waals surface area contributed by atoms with Crippen molar-refractivity contribution in [3.05, 3.63) is 18.2 Å². The molecule has 3 rings (SSSR count). The van der Waals surface area contributed by atoms with Crippen LogP contribution in [0.5, 0.6) is 11.5 Å². The topological polar surface area (TPSA) is 131 Å². The van der Waals surface area contributed by atoms with Crippen LogP contribution >= 0.6 is 0 Å². The minimum Gasteiger partial charge on any atom is -0.490 e. The molecule has 0 atom stereocenters. The fraction of sp³-hybridized carbons (Fsp3) is 0.579. The molecule has 2 aliphatic heterocycles. The van der Waals surface area contributed by atoms with Gasteiger partial charge in [0.05, 0.1) is 31.2 Å². The summed E-state index contributed by atoms with van der Waals surface area (Å²) in [7, 11) is -2.50. The van der Waals surface area contributed by atoms with Crippen molar-refractivity contribution in [2.45, 2.75) is 30.2 Å². The number of nitrogens with zero attached hydrogens (tertiary/aromatic N) is 2. The second-order valence-electron chi connectivity index (χ2n) is 7.50. The Hall–Kier alpha value is -2.37. The highest BCUT2D eigenvalue weighted by molar-refractivity contribution is 7.89. The summed E-state index contributed by atoms with van der Waals surface area (Å²) in [6, 6.07) is 4.39. The van der Waals surface area contributed by atoms with E-state index in [1.807, 2.05) is 4.90 Å². The number of carbonyl (C=O) groups is 2. The van der Waals surface area contributed by atoms with Gasteiger partial charge in [-0.25, -0.2) is 8.42 Å². The number of primary amides is 1. The molecular weight excluding hydrogens is 412 g/mol. The van der Waals surface area contributed by atoms with E-state index in [2.05, 4.69) is 5.32 Å². The number of likely N-dealkylation sites (N-methyl/N-ethyl adjacent to an activating group) is 1. The predicted octanol–water partition coefficient (Wildman–Crippen LogP) is -0.466. The zero-order valence-electron chi connectivity index (χ0n) is 17.0. The molecule has 10 nitrogen and oxygen atoms in total. The first kappa shape index (κ1) is 22.3. The van der Waals surface area contributed by atoms with Gasteiger partial charge in [-0.2, -0.15) is 4.31 Å². The molecule has 0 spiro atoms. The normalized spacial score (nSPS) is 18.1. The lowest BCUT2D eigenvalue weighted by Crippen LogP contribution is -2.48. The van der Waals surface area contributed by atoms with Crippen LogP contribution in [-0.4, -0.2) is 81.9 Å². The van der Waals surface area contributed by atoms with Crippen molar-refractivity contribution in [3.8, 4) is 11.5 Å². The Labute approximate surface area is 176 Å². The van der Waals surface area contributed by atoms with E-state index in [1.165, 1.54) is 19.2 Å². The Kier molecular flexibility index (Phi) is 7.16. The monoisotopic (exact) mass is 440 g/mol. The number of hydrogen-bond donors (Lipinski definition) is 2. The maximum absolute atomic E-state index is 12.9. The summed E-state index contributed by atoms with van der Waals surface area (Å²) in [5.41, 5.74) is 5.20. The number of fused-ring (bicyclic) bond motifs is 1. The van der Waals surface area contributed by atoms with E-state index in [1.54, 1.807) is 6.07 Å². The van der Waals surface area contributed by atoms with E-state index in [9.17, 15) is 18.0 Å². The minimum absolute atomic E-state index is 0.0433. The van der Waals surface area contributed by atoms with Gasteiger partial charge in [0.2, 0.25) is 21.8 Å². The third-order valence-corrected chi connectivity index (χ3v) is 6.92. The molecule has 1 saturated heterocycles. The first-order valence-electron chi connectivity index (χ1n) is 9.91. The summed E-state index contributed by atoms with van der Waals surface area (Å²) in [5, 5.41) is 2.87. The van der Waals surface area contributed by atoms with Crippen molar-refractivity contribution in [2.75, 3.05) is 46.4 Å². The first-order chi connectivity index (χ1) is 14.3. The van der Waals surface area contributed by atoms with E-state index in [0.717, 1.165) is 10.7 Å². The first-order valence-corrected chi connectivity index (χ1v) is 11.4. The minimum atomic E-state index is -3.87. The van der Waals surface area contributed by atoms with Gasteiger partial charge in [-0.1, -0.05) is 0 Å². The van der Waals surface area contributed by atoms with Crippen LogP contribution in [0.4, 0.5) is 0 Å². The predicted molar refractivity (Wildman–Crippen MR) is 109 cm³/mol. The van der Waals surface area contributed by atoms with Crippen LogP contribution in [0.15, 0.2) is 23.1 Å². The lowest BCUT2D eigenvalue weighted by atomic mass is 10.1. The number of benzene rings is 1. The van der Waals surface area contributed by atoms with E-state index in [0.29, 0.717) is 50.6 Å². The standard InChI is InChI=1S/C19H28N4O6S/c1-22(13-19(25)21-14-5-7-23(8-6-14)12-18(20)24)30(26,27)15-3-4-16-17(11-15)29-10-2-9-28-16/h3-4,11,14H,2,5-10,12-13H2,1H3,(H2,20,24)(H,21,25). The number of nitrogens with two attached hydrogens (primary N) is 1. The number of amides is 2. The largest absolute Gasteiger partial charge is 0.490 e. The van der Waals surface area contributed by atoms with Gasteiger partial charge in [-0.15, -0.1) is 0 Å². The highest BCUT2D eigenvalue weighted by atomic mass is 32.2. The zero-order chi connectivity index (χ0) is 21.7. The lowest BCUT2D eigenvalue weighted by Gasteiger charge is -2.31. The third kappa shape index (κ3) is 5.61. The van der Waals surface area contributed by atoms with Crippen molar-refractivity contribution < 1.29 is 27.5 Å². The van der Waals surface area contributed by atoms with Gasteiger partial charge < -0.3 is 20.5 Å². The molecule has 0 unspecified atom stereocenters. The smallest absolute Gasteiger partial charge is 0.243 e. The number of carbonyl (C=O) groups excluding carboxylic acids is 2. The highest BCUT2D eigenvalue weighted by Crippen LogP contribution is 2.32. The molecule has 2 amide bonds. The Balaban J connectivity index is 1.56. The molecule has 2 aliphatic rings. The number of nitrogens with one attached hydrogen (secondary N) is 1. The fourth-order valence-electron chi connectivity index (χ4n) is 3.50. The fourth-order valence-corrected chi connectivity index (χ4v) is 4.64. The van der Waals surface area contributed by atoms with Crippen LogP contribution in [0.1, 0.15) is 19.3 Å². The summed E-state index contributed by atoms with van der Waals surface area (Å²) in [6.07, 6.45) is 2.08. The van der Waals surface area contributed by atoms with E-state index >= 15 is 0 Å². The summed E-state index contributed by atoms with van der Waals surface area (Å²) in [5.74, 6) is 0.145. The van der Waals surface area contributed by atoms with Crippen LogP contribution in [0, 0.1) is 0 Å². The second-order valence-corrected chi connectivity index (χ2v) is 9.55. The Morgan fingerprint density at radius 2 is 1.87 bits per heavy atom. The third-order valence-electron chi connectivity index (χ3n) is 5.13. The highest BCUT2D eigenvalue weighted by Gasteiger charge is 2.27. The van der Waals surface area contributed by atoms with Gasteiger partial charge >= 0.3 is 0 Å². The second kappa shape index (κ2) is 9.63. The van der Waals surface area contributed by atoms with E-state index < -0.39 is 10.0 Å². The number of sulfonamides is 1. The molecule has 1 aromatic rings. The number of piperidine rings is 1. The molecule has 11 heteroatoms. The summed E-state index contributed by atoms with van der Waals surface area (Å²) < 4.78 is 37.9. The van der Waals surface area contributed by atoms with Gasteiger partial charge in [0, 0.05) is 38.7 Å². The molecule has 166 valence electrons. The van der Waals surface area contributed by atoms with Crippen LogP contribution < -0.4 is 20.5 Å². The Morgan fingerprint density at radius 1 is 1.20 bits per heavy atom. The van der Waals surface area contributed by atoms with Gasteiger partial charge in [0.1, 0.15) is 0 Å². The van der Waals surface area contributed by atoms with Gasteiger partial charge in [0.25, 0.3) is 0 Å². The quantitative estimate of drug-likeness (QED) is 0.586. The van der Waals surface area contributed by atoms with Gasteiger partial charge in [0.15, 0.2) is 11.5 Å². The number of likely N-dealkylation sites (tertiary alicyclic amines) is 1. The average Bonchev–Trinajstić information content (AvgIpc) is 2.93. The van der Waals surface area contributed by atoms with Crippen molar-refractivity contribution in [1.82, 2.24) is 14.5 Å². The van der Waals surface area contributed by atoms with Crippen LogP contribution in [0.2, 0.25) is 0 Å². The lowest BCUT2D eigenvalue weighted by molar-refractivity contribution is -0.123. The van der Waals surface area contributed by atoms with Crippen molar-refractivity contribution in [3.63, 3.8) is 0 Å². The summed E-state index contributed by atoms with van der Waals surface area (Å²) in [4.78, 5) is 25.4. The molecule has 0 radical (unpaired) electrons. The van der Waals surface area contributed by atoms with Crippen molar-refractivity contribution >= 4 is 21.8 Å². The summed E-state index contributed by atoms with van der Waals surface area (Å²) >= 11 is 0. The molecule has 0 aliphatic carbocycles. The van der Waals surface area contributed by atoms with Crippen LogP contribution in [0.25, 0.3) is 0 Å². The number of hydrogen-bond acceptors (Lipinski definition) is 7. The van der Waals surface area contributed by atoms with Crippen molar-refractivity contribution in [1.29, 1.82) is 0 Å². The SMILES string of the molecule is CN(CC(=O)NC1CCN(CC(N)=O)CC1)S(=O)(=O)c1ccc2c(c1)OCCCO2. The summed E-state index contributed by atoms with van der Waals surface area (Å²) in [6.45, 7) is 2.18. The van der Waals surface area contributed by atoms with Gasteiger partial charge in [-0.3, -0.25) is 14.5 Å².